The Kier molecular flexibility index (Phi) is 4.69. The summed E-state index contributed by atoms with van der Waals surface area (Å²) in [5.74, 6) is -0.280. The predicted molar refractivity (Wildman–Crippen MR) is 91.7 cm³/mol. The Labute approximate surface area is 136 Å². The van der Waals surface area contributed by atoms with Gasteiger partial charge in [0.25, 0.3) is 5.91 Å². The minimum absolute atomic E-state index is 0.256. The maximum Gasteiger partial charge on any atom is 0.274 e. The van der Waals surface area contributed by atoms with E-state index in [4.69, 9.17) is 18.0 Å². The molecule has 2 aromatic rings. The highest BCUT2D eigenvalue weighted by atomic mass is 79.9. The fourth-order valence-corrected chi connectivity index (χ4v) is 2.82. The van der Waals surface area contributed by atoms with E-state index in [1.165, 1.54) is 6.20 Å². The molecule has 2 rings (SSSR count). The first-order chi connectivity index (χ1) is 9.88. The van der Waals surface area contributed by atoms with Crippen LogP contribution in [0.2, 0.25) is 0 Å². The lowest BCUT2D eigenvalue weighted by atomic mass is 10.1. The summed E-state index contributed by atoms with van der Waals surface area (Å²) in [6.45, 7) is 3.94. The highest BCUT2D eigenvalue weighted by molar-refractivity contribution is 9.10. The molecule has 1 heterocycles. The summed E-state index contributed by atoms with van der Waals surface area (Å²) in [4.78, 5) is 16.6. The molecule has 0 fully saturated rings. The normalized spacial score (nSPS) is 10.2. The van der Waals surface area contributed by atoms with Gasteiger partial charge in [0, 0.05) is 16.2 Å². The first-order valence-electron chi connectivity index (χ1n) is 6.22. The topological polar surface area (TPSA) is 68.0 Å². The van der Waals surface area contributed by atoms with Gasteiger partial charge in [-0.05, 0) is 59.1 Å². The van der Waals surface area contributed by atoms with Crippen molar-refractivity contribution < 1.29 is 4.79 Å². The summed E-state index contributed by atoms with van der Waals surface area (Å²) < 4.78 is 0.841. The molecule has 0 aliphatic rings. The van der Waals surface area contributed by atoms with Gasteiger partial charge >= 0.3 is 0 Å². The van der Waals surface area contributed by atoms with Gasteiger partial charge in [0.15, 0.2) is 0 Å². The van der Waals surface area contributed by atoms with Gasteiger partial charge in [0.2, 0.25) is 0 Å². The van der Waals surface area contributed by atoms with Crippen LogP contribution in [-0.2, 0) is 0 Å². The lowest BCUT2D eigenvalue weighted by Gasteiger charge is -2.11. The summed E-state index contributed by atoms with van der Waals surface area (Å²) in [6, 6.07) is 7.23. The number of thiocarbonyl (C=S) groups is 1. The van der Waals surface area contributed by atoms with E-state index in [0.29, 0.717) is 11.3 Å². The van der Waals surface area contributed by atoms with Crippen molar-refractivity contribution in [3.63, 3.8) is 0 Å². The average molecular weight is 364 g/mol. The van der Waals surface area contributed by atoms with Gasteiger partial charge in [0.1, 0.15) is 10.7 Å². The Bertz CT molecular complexity index is 690. The second-order valence-corrected chi connectivity index (χ2v) is 5.98. The number of nitrogens with two attached hydrogens (primary N) is 1. The average Bonchev–Trinajstić information content (AvgIpc) is 2.42. The van der Waals surface area contributed by atoms with E-state index in [-0.39, 0.29) is 10.9 Å². The Morgan fingerprint density at radius 2 is 2.05 bits per heavy atom. The first kappa shape index (κ1) is 15.6. The van der Waals surface area contributed by atoms with E-state index in [1.54, 1.807) is 12.1 Å². The Balaban J connectivity index is 2.24. The number of nitrogens with one attached hydrogen (secondary N) is 1. The number of carbonyl (C=O) groups is 1. The van der Waals surface area contributed by atoms with E-state index in [1.807, 2.05) is 26.0 Å². The van der Waals surface area contributed by atoms with Crippen molar-refractivity contribution in [1.29, 1.82) is 0 Å². The number of aryl methyl sites for hydroxylation is 2. The largest absolute Gasteiger partial charge is 0.389 e. The number of amides is 1. The highest BCUT2D eigenvalue weighted by Gasteiger charge is 2.12. The number of pyridine rings is 1. The SMILES string of the molecule is Cc1cc(C)c(NC(=O)c2ccc(C(N)=S)cn2)c(Br)c1. The zero-order valence-corrected chi connectivity index (χ0v) is 14.0. The summed E-state index contributed by atoms with van der Waals surface area (Å²) in [7, 11) is 0. The van der Waals surface area contributed by atoms with Crippen molar-refractivity contribution in [2.75, 3.05) is 5.32 Å². The van der Waals surface area contributed by atoms with Crippen LogP contribution in [0.15, 0.2) is 34.9 Å². The highest BCUT2D eigenvalue weighted by Crippen LogP contribution is 2.28. The van der Waals surface area contributed by atoms with Gasteiger partial charge in [-0.2, -0.15) is 0 Å². The maximum atomic E-state index is 12.2. The number of carbonyl (C=O) groups excluding carboxylic acids is 1. The van der Waals surface area contributed by atoms with Crippen molar-refractivity contribution >= 4 is 44.7 Å². The quantitative estimate of drug-likeness (QED) is 0.820. The van der Waals surface area contributed by atoms with Crippen molar-refractivity contribution in [1.82, 2.24) is 4.98 Å². The van der Waals surface area contributed by atoms with Crippen LogP contribution in [0.1, 0.15) is 27.2 Å². The van der Waals surface area contributed by atoms with Crippen LogP contribution < -0.4 is 11.1 Å². The van der Waals surface area contributed by atoms with Crippen LogP contribution in [0.4, 0.5) is 5.69 Å². The van der Waals surface area contributed by atoms with E-state index in [2.05, 4.69) is 26.2 Å². The molecular formula is C15H14BrN3OS. The molecule has 0 atom stereocenters. The van der Waals surface area contributed by atoms with Crippen LogP contribution in [-0.4, -0.2) is 15.9 Å². The zero-order valence-electron chi connectivity index (χ0n) is 11.6. The van der Waals surface area contributed by atoms with Crippen molar-refractivity contribution in [3.05, 3.63) is 57.3 Å². The van der Waals surface area contributed by atoms with Gasteiger partial charge < -0.3 is 11.1 Å². The number of nitrogens with zero attached hydrogens (tertiary/aromatic N) is 1. The molecule has 0 radical (unpaired) electrons. The van der Waals surface area contributed by atoms with Crippen LogP contribution in [0.25, 0.3) is 0 Å². The summed E-state index contributed by atoms with van der Waals surface area (Å²) in [5, 5.41) is 2.86. The molecule has 21 heavy (non-hydrogen) atoms. The molecule has 0 unspecified atom stereocenters. The number of benzene rings is 1. The molecule has 0 saturated heterocycles. The molecule has 1 aromatic carbocycles. The van der Waals surface area contributed by atoms with Crippen LogP contribution in [0, 0.1) is 13.8 Å². The third kappa shape index (κ3) is 3.65. The van der Waals surface area contributed by atoms with E-state index in [0.717, 1.165) is 21.3 Å². The van der Waals surface area contributed by atoms with Crippen LogP contribution in [0.3, 0.4) is 0 Å². The van der Waals surface area contributed by atoms with Crippen LogP contribution in [0.5, 0.6) is 0 Å². The molecule has 0 spiro atoms. The van der Waals surface area contributed by atoms with Crippen molar-refractivity contribution in [2.45, 2.75) is 13.8 Å². The monoisotopic (exact) mass is 363 g/mol. The molecule has 1 aromatic heterocycles. The van der Waals surface area contributed by atoms with Gasteiger partial charge in [-0.3, -0.25) is 9.78 Å². The third-order valence-corrected chi connectivity index (χ3v) is 3.81. The molecule has 3 N–H and O–H groups in total. The minimum atomic E-state index is -0.280. The molecular weight excluding hydrogens is 350 g/mol. The van der Waals surface area contributed by atoms with E-state index < -0.39 is 0 Å². The fourth-order valence-electron chi connectivity index (χ4n) is 1.93. The molecule has 0 aliphatic heterocycles. The second-order valence-electron chi connectivity index (χ2n) is 4.69. The Morgan fingerprint density at radius 1 is 1.33 bits per heavy atom. The second kappa shape index (κ2) is 6.32. The van der Waals surface area contributed by atoms with Crippen molar-refractivity contribution in [3.8, 4) is 0 Å². The van der Waals surface area contributed by atoms with Gasteiger partial charge in [-0.15, -0.1) is 0 Å². The van der Waals surface area contributed by atoms with Gasteiger partial charge in [0.05, 0.1) is 5.69 Å². The van der Waals surface area contributed by atoms with E-state index >= 15 is 0 Å². The Morgan fingerprint density at radius 3 is 2.57 bits per heavy atom. The Hall–Kier alpha value is -1.79. The zero-order chi connectivity index (χ0) is 15.6. The molecule has 108 valence electrons. The minimum Gasteiger partial charge on any atom is -0.389 e. The van der Waals surface area contributed by atoms with Gasteiger partial charge in [-0.25, -0.2) is 0 Å². The van der Waals surface area contributed by atoms with Crippen LogP contribution >= 0.6 is 28.1 Å². The van der Waals surface area contributed by atoms with Crippen molar-refractivity contribution in [2.24, 2.45) is 5.73 Å². The van der Waals surface area contributed by atoms with E-state index in [9.17, 15) is 4.79 Å². The number of hydrogen-bond acceptors (Lipinski definition) is 3. The molecule has 6 heteroatoms. The number of hydrogen-bond donors (Lipinski definition) is 2. The van der Waals surface area contributed by atoms with Gasteiger partial charge in [-0.1, -0.05) is 18.3 Å². The lowest BCUT2D eigenvalue weighted by Crippen LogP contribution is -2.16. The third-order valence-electron chi connectivity index (χ3n) is 2.95. The molecule has 4 nitrogen and oxygen atoms in total. The molecule has 0 aliphatic carbocycles. The molecule has 0 bridgehead atoms. The lowest BCUT2D eigenvalue weighted by molar-refractivity contribution is 0.102. The standard InChI is InChI=1S/C15H14BrN3OS/c1-8-5-9(2)13(11(16)6-8)19-15(20)12-4-3-10(7-18-12)14(17)21/h3-7H,1-2H3,(H2,17,21)(H,19,20). The molecule has 1 amide bonds. The fraction of sp³-hybridized carbons (Fsp3) is 0.133. The number of aromatic nitrogens is 1. The number of anilines is 1. The maximum absolute atomic E-state index is 12.2. The first-order valence-corrected chi connectivity index (χ1v) is 7.42. The molecule has 0 saturated carbocycles. The number of halogens is 1. The number of rotatable bonds is 3. The summed E-state index contributed by atoms with van der Waals surface area (Å²) in [6.07, 6.45) is 1.49. The summed E-state index contributed by atoms with van der Waals surface area (Å²) in [5.41, 5.74) is 9.29. The summed E-state index contributed by atoms with van der Waals surface area (Å²) >= 11 is 8.31. The smallest absolute Gasteiger partial charge is 0.274 e. The predicted octanol–water partition coefficient (Wildman–Crippen LogP) is 3.35.